The molecule has 2 aliphatic rings. The molecule has 19 heteroatoms. The van der Waals surface area contributed by atoms with Crippen LogP contribution in [0.4, 0.5) is 0 Å². The number of benzene rings is 17. The van der Waals surface area contributed by atoms with Gasteiger partial charge in [0.2, 0.25) is 5.95 Å². The van der Waals surface area contributed by atoms with Crippen LogP contribution in [0.25, 0.3) is 269 Å². The Kier molecular flexibility index (Phi) is 16.2. The number of nitrogens with zero attached hydrogens (tertiary/aromatic N) is 12. The second-order valence-corrected chi connectivity index (χ2v) is 42.4. The van der Waals surface area contributed by atoms with Gasteiger partial charge in [-0.3, -0.25) is 4.57 Å². The Balaban J connectivity index is 0.0000000963. The second kappa shape index (κ2) is 29.0. The Labute approximate surface area is 805 Å². The van der Waals surface area contributed by atoms with Gasteiger partial charge >= 0.3 is 0 Å². The van der Waals surface area contributed by atoms with Crippen LogP contribution in [0.5, 0.6) is 0 Å². The highest BCUT2D eigenvalue weighted by molar-refractivity contribution is 7.32. The van der Waals surface area contributed by atoms with Crippen molar-refractivity contribution in [2.45, 2.75) is 5.41 Å². The quantitative estimate of drug-likeness (QED) is 0.165. The molecule has 0 saturated carbocycles. The van der Waals surface area contributed by atoms with Crippen molar-refractivity contribution in [1.82, 2.24) is 58.6 Å². The fraction of sp³-hybridized carbons (Fsp3) is 0.00847. The summed E-state index contributed by atoms with van der Waals surface area (Å²) in [6.07, 6.45) is 10.9. The third-order valence-electron chi connectivity index (χ3n) is 28.3. The molecule has 636 valence electrons. The van der Waals surface area contributed by atoms with E-state index in [4.69, 9.17) is 29.9 Å². The molecule has 1 spiro atoms. The van der Waals surface area contributed by atoms with Gasteiger partial charge in [0.15, 0.2) is 11.6 Å². The fourth-order valence-corrected chi connectivity index (χ4v) is 31.5. The smallest absolute Gasteiger partial charge is 0.238 e. The molecule has 14 aromatic heterocycles. The Hall–Kier alpha value is -16.1. The summed E-state index contributed by atoms with van der Waals surface area (Å²) in [6.45, 7) is 0. The second-order valence-electron chi connectivity index (χ2n) is 35.2. The normalized spacial score (nSPS) is 12.9. The fourth-order valence-electron chi connectivity index (χ4n) is 22.9. The van der Waals surface area contributed by atoms with E-state index in [1.165, 1.54) is 211 Å². The molecule has 0 atom stereocenters. The minimum atomic E-state index is -0.409. The molecule has 33 rings (SSSR count). The maximum atomic E-state index is 5.18. The Bertz CT molecular complexity index is 10600. The minimum absolute atomic E-state index is 0.409. The summed E-state index contributed by atoms with van der Waals surface area (Å²) in [5, 5.41) is 25.0. The first-order valence-corrected chi connectivity index (χ1v) is 51.1. The lowest BCUT2D eigenvalue weighted by molar-refractivity contribution is 0.792. The predicted octanol–water partition coefficient (Wildman–Crippen LogP) is 33.2. The van der Waals surface area contributed by atoms with Crippen molar-refractivity contribution in [3.05, 3.63) is 400 Å². The SMILES string of the molecule is c1ccc(-c2nc(-c3ccccc3)nc(-n3c4ccccc4c4c5c6ccccc6sc5c5c6cncnc6sc5c43)n2)cc1.c1ccc2c(c1)-c1ccccc1C21c2ccccc2-c2ccc(-n3c4ccccc4c4c5c6ccccc6sc5c5c6cncnc6sc5c43)cc21.c1ccc2c(c1)sc1ccc(-n3c4ccccc4c4c5c6ccccc6sc5c5c6cncnc6sc5c43)cc12. The first-order chi connectivity index (χ1) is 68.0. The molecule has 0 unspecified atom stereocenters. The highest BCUT2D eigenvalue weighted by atomic mass is 32.1. The molecule has 0 radical (unpaired) electrons. The van der Waals surface area contributed by atoms with Crippen molar-refractivity contribution < 1.29 is 0 Å². The molecule has 17 aromatic carbocycles. The van der Waals surface area contributed by atoms with Crippen molar-refractivity contribution >= 4 is 286 Å². The number of thiophene rings is 7. The van der Waals surface area contributed by atoms with E-state index in [2.05, 4.69) is 308 Å². The summed E-state index contributed by atoms with van der Waals surface area (Å²) in [7, 11) is 0. The lowest BCUT2D eigenvalue weighted by Crippen LogP contribution is -2.26. The van der Waals surface area contributed by atoms with Crippen molar-refractivity contribution in [2.75, 3.05) is 0 Å². The Morgan fingerprint density at radius 3 is 0.993 bits per heavy atom. The molecule has 0 fully saturated rings. The molecule has 31 aromatic rings. The molecule has 0 amide bonds. The number of hydrogen-bond donors (Lipinski definition) is 0. The van der Waals surface area contributed by atoms with Gasteiger partial charge in [-0.05, 0) is 117 Å². The zero-order chi connectivity index (χ0) is 89.1. The Morgan fingerprint density at radius 1 is 0.219 bits per heavy atom. The van der Waals surface area contributed by atoms with Gasteiger partial charge in [-0.15, -0.1) is 79.4 Å². The summed E-state index contributed by atoms with van der Waals surface area (Å²) in [6, 6.07) is 123. The van der Waals surface area contributed by atoms with E-state index in [-0.39, 0.29) is 0 Å². The average Bonchev–Trinajstić information content (AvgIpc) is 1.51. The topological polar surface area (TPSA) is 131 Å². The first-order valence-electron chi connectivity index (χ1n) is 45.4. The van der Waals surface area contributed by atoms with E-state index in [1.54, 1.807) is 53.0 Å². The van der Waals surface area contributed by atoms with E-state index < -0.39 is 5.41 Å². The van der Waals surface area contributed by atoms with Crippen LogP contribution in [0.3, 0.4) is 0 Å². The highest BCUT2D eigenvalue weighted by Gasteiger charge is 2.52. The Morgan fingerprint density at radius 2 is 0.555 bits per heavy atom. The molecular formula is C118H62N12S7. The lowest BCUT2D eigenvalue weighted by Gasteiger charge is -2.30. The number of hydrogen-bond acceptors (Lipinski definition) is 16. The summed E-state index contributed by atoms with van der Waals surface area (Å²) >= 11 is 12.8. The molecule has 14 heterocycles. The summed E-state index contributed by atoms with van der Waals surface area (Å²) in [5.74, 6) is 1.84. The number of aromatic nitrogens is 12. The van der Waals surface area contributed by atoms with Crippen LogP contribution in [-0.4, -0.2) is 58.6 Å². The van der Waals surface area contributed by atoms with E-state index in [0.717, 1.165) is 62.9 Å². The predicted molar refractivity (Wildman–Crippen MR) is 580 cm³/mol. The van der Waals surface area contributed by atoms with E-state index >= 15 is 0 Å². The first kappa shape index (κ1) is 76.4. The van der Waals surface area contributed by atoms with Gasteiger partial charge in [-0.2, -0.15) is 9.97 Å². The van der Waals surface area contributed by atoms with Gasteiger partial charge in [-0.25, -0.2) is 34.9 Å². The zero-order valence-corrected chi connectivity index (χ0v) is 77.7. The molecule has 0 N–H and O–H groups in total. The zero-order valence-electron chi connectivity index (χ0n) is 72.0. The minimum Gasteiger partial charge on any atom is -0.308 e. The number of para-hydroxylation sites is 3. The van der Waals surface area contributed by atoms with Crippen LogP contribution in [0, 0.1) is 0 Å². The number of fused-ring (bicyclic) bond motifs is 49. The van der Waals surface area contributed by atoms with Gasteiger partial charge in [-0.1, -0.05) is 267 Å². The van der Waals surface area contributed by atoms with Crippen LogP contribution >= 0.6 is 79.4 Å². The van der Waals surface area contributed by atoms with Crippen LogP contribution in [-0.2, 0) is 5.41 Å². The van der Waals surface area contributed by atoms with Crippen molar-refractivity contribution in [1.29, 1.82) is 0 Å². The summed E-state index contributed by atoms with van der Waals surface area (Å²) in [5.41, 5.74) is 21.6. The summed E-state index contributed by atoms with van der Waals surface area (Å²) in [4.78, 5) is 46.0. The van der Waals surface area contributed by atoms with Crippen molar-refractivity contribution in [3.8, 4) is 62.4 Å². The maximum absolute atomic E-state index is 5.18. The average molecular weight is 1870 g/mol. The van der Waals surface area contributed by atoms with Crippen LogP contribution in [0.2, 0.25) is 0 Å². The van der Waals surface area contributed by atoms with E-state index in [0.29, 0.717) is 17.6 Å². The van der Waals surface area contributed by atoms with Gasteiger partial charge in [0.1, 0.15) is 33.5 Å². The third-order valence-corrected chi connectivity index (χ3v) is 36.4. The highest BCUT2D eigenvalue weighted by Crippen LogP contribution is 2.64. The molecule has 0 aliphatic heterocycles. The molecule has 137 heavy (non-hydrogen) atoms. The van der Waals surface area contributed by atoms with Gasteiger partial charge in [0.25, 0.3) is 0 Å². The lowest BCUT2D eigenvalue weighted by atomic mass is 9.70. The van der Waals surface area contributed by atoms with Gasteiger partial charge in [0, 0.05) is 186 Å². The van der Waals surface area contributed by atoms with Crippen LogP contribution in [0.15, 0.2) is 377 Å². The van der Waals surface area contributed by atoms with E-state index in [9.17, 15) is 0 Å². The van der Waals surface area contributed by atoms with Crippen molar-refractivity contribution in [3.63, 3.8) is 0 Å². The number of rotatable bonds is 5. The molecule has 2 aliphatic carbocycles. The largest absolute Gasteiger partial charge is 0.308 e. The maximum Gasteiger partial charge on any atom is 0.238 e. The third kappa shape index (κ3) is 10.6. The van der Waals surface area contributed by atoms with Gasteiger partial charge < -0.3 is 9.13 Å². The van der Waals surface area contributed by atoms with E-state index in [1.807, 2.05) is 125 Å². The molecule has 0 bridgehead atoms. The summed E-state index contributed by atoms with van der Waals surface area (Å²) < 4.78 is 21.4. The standard InChI is InChI=1S/C47H25N3S2.C37H20N6S2.C34H17N3S3/c1-6-16-34-27(11-1)28-12-2-7-17-35(28)47(34)36-18-8-3-13-29(36)30-22-21-26(23-37(30)47)50-38-19-9-4-14-31(38)40-41-32-15-5-10-20-39(32)51-44(41)42-33-24-48-25-49-46(33)52-45(42)43(40)50;1-3-11-21(12-4-1)34-40-35(22-13-5-2-6-14-22)42-37(41-34)43-26-17-9-7-15-23(26)28-29-24-16-8-10-18-27(24)44-32(29)30-25-19-38-20-39-36(25)45-33(30)31(28)43;1-4-10-24-20(8-1)28-29-21-9-3-6-12-26(21)39-32(29)30-23-16-35-17-36-34(23)40-33(30)31(28)37(24)18-13-14-27-22(15-18)19-7-2-5-11-25(19)38-27/h1-25H;1-20H;1-17H. The molecular weight excluding hydrogens is 1810 g/mol. The monoisotopic (exact) mass is 1870 g/mol. The molecule has 0 saturated heterocycles. The molecule has 12 nitrogen and oxygen atoms in total. The van der Waals surface area contributed by atoms with Crippen LogP contribution < -0.4 is 0 Å². The van der Waals surface area contributed by atoms with Crippen LogP contribution in [0.1, 0.15) is 22.3 Å². The van der Waals surface area contributed by atoms with Gasteiger partial charge in [0.05, 0.1) is 52.6 Å². The van der Waals surface area contributed by atoms with Crippen molar-refractivity contribution in [2.24, 2.45) is 0 Å².